The molecule has 0 aliphatic heterocycles. The first kappa shape index (κ1) is 18.0. The third-order valence-electron chi connectivity index (χ3n) is 3.79. The fourth-order valence-electron chi connectivity index (χ4n) is 2.29. The van der Waals surface area contributed by atoms with Crippen molar-refractivity contribution in [1.29, 1.82) is 0 Å². The van der Waals surface area contributed by atoms with Crippen molar-refractivity contribution in [3.05, 3.63) is 29.8 Å². The molecule has 3 nitrogen and oxygen atoms in total. The maximum Gasteiger partial charge on any atom is 0.123 e. The third kappa shape index (κ3) is 7.49. The molecule has 1 aromatic carbocycles. The Hall–Kier alpha value is -1.06. The van der Waals surface area contributed by atoms with Gasteiger partial charge in [0.15, 0.2) is 0 Å². The average Bonchev–Trinajstić information content (AvgIpc) is 2.53. The Morgan fingerprint density at radius 3 is 2.71 bits per heavy atom. The van der Waals surface area contributed by atoms with Gasteiger partial charge in [-0.2, -0.15) is 0 Å². The number of ether oxygens (including phenoxy) is 2. The third-order valence-corrected chi connectivity index (χ3v) is 3.79. The number of benzene rings is 1. The van der Waals surface area contributed by atoms with E-state index in [1.165, 1.54) is 31.2 Å². The maximum absolute atomic E-state index is 6.07. The van der Waals surface area contributed by atoms with Gasteiger partial charge in [-0.15, -0.1) is 0 Å². The SMILES string of the molecule is CCCCC(CC)COc1ccccc1CNCCOC. The quantitative estimate of drug-likeness (QED) is 0.590. The highest BCUT2D eigenvalue weighted by Crippen LogP contribution is 2.20. The highest BCUT2D eigenvalue weighted by atomic mass is 16.5. The monoisotopic (exact) mass is 293 g/mol. The Balaban J connectivity index is 2.45. The Morgan fingerprint density at radius 2 is 2.00 bits per heavy atom. The molecule has 0 bridgehead atoms. The molecule has 0 radical (unpaired) electrons. The number of hydrogen-bond donors (Lipinski definition) is 1. The van der Waals surface area contributed by atoms with Crippen molar-refractivity contribution in [2.45, 2.75) is 46.1 Å². The summed E-state index contributed by atoms with van der Waals surface area (Å²) in [6, 6.07) is 8.30. The van der Waals surface area contributed by atoms with Gasteiger partial charge in [-0.1, -0.05) is 51.3 Å². The second-order valence-electron chi connectivity index (χ2n) is 5.50. The Bertz CT molecular complexity index is 368. The lowest BCUT2D eigenvalue weighted by Crippen LogP contribution is -2.19. The molecular formula is C18H31NO2. The smallest absolute Gasteiger partial charge is 0.123 e. The van der Waals surface area contributed by atoms with Crippen LogP contribution < -0.4 is 10.1 Å². The van der Waals surface area contributed by atoms with E-state index >= 15 is 0 Å². The highest BCUT2D eigenvalue weighted by Gasteiger charge is 2.09. The maximum atomic E-state index is 6.07. The summed E-state index contributed by atoms with van der Waals surface area (Å²) in [5.74, 6) is 1.68. The van der Waals surface area contributed by atoms with Crippen LogP contribution in [-0.4, -0.2) is 26.9 Å². The first-order chi connectivity index (χ1) is 10.3. The van der Waals surface area contributed by atoms with E-state index in [0.29, 0.717) is 5.92 Å². The van der Waals surface area contributed by atoms with Crippen molar-refractivity contribution >= 4 is 0 Å². The van der Waals surface area contributed by atoms with Gasteiger partial charge in [0.25, 0.3) is 0 Å². The number of rotatable bonds is 12. The van der Waals surface area contributed by atoms with Crippen molar-refractivity contribution in [2.24, 2.45) is 5.92 Å². The minimum absolute atomic E-state index is 0.666. The van der Waals surface area contributed by atoms with E-state index in [0.717, 1.165) is 32.1 Å². The lowest BCUT2D eigenvalue weighted by Gasteiger charge is -2.17. The van der Waals surface area contributed by atoms with Crippen molar-refractivity contribution in [3.8, 4) is 5.75 Å². The van der Waals surface area contributed by atoms with Crippen LogP contribution in [0.15, 0.2) is 24.3 Å². The number of nitrogens with one attached hydrogen (secondary N) is 1. The molecule has 1 aromatic rings. The predicted molar refractivity (Wildman–Crippen MR) is 88.8 cm³/mol. The van der Waals surface area contributed by atoms with Crippen LogP contribution in [0.4, 0.5) is 0 Å². The Morgan fingerprint density at radius 1 is 1.19 bits per heavy atom. The van der Waals surface area contributed by atoms with Gasteiger partial charge >= 0.3 is 0 Å². The zero-order valence-corrected chi connectivity index (χ0v) is 13.9. The summed E-state index contributed by atoms with van der Waals surface area (Å²) in [6.45, 7) is 7.74. The Labute approximate surface area is 130 Å². The first-order valence-corrected chi connectivity index (χ1v) is 8.22. The van der Waals surface area contributed by atoms with Gasteiger partial charge in [0.2, 0.25) is 0 Å². The largest absolute Gasteiger partial charge is 0.493 e. The van der Waals surface area contributed by atoms with Crippen LogP contribution in [0.1, 0.15) is 45.1 Å². The van der Waals surface area contributed by atoms with E-state index in [9.17, 15) is 0 Å². The summed E-state index contributed by atoms with van der Waals surface area (Å²) in [6.07, 6.45) is 5.01. The van der Waals surface area contributed by atoms with Gasteiger partial charge < -0.3 is 14.8 Å². The predicted octanol–water partition coefficient (Wildman–Crippen LogP) is 4.02. The topological polar surface area (TPSA) is 30.5 Å². The molecule has 1 N–H and O–H groups in total. The van der Waals surface area contributed by atoms with Crippen molar-refractivity contribution in [2.75, 3.05) is 26.9 Å². The van der Waals surface area contributed by atoms with Crippen LogP contribution >= 0.6 is 0 Å². The number of unbranched alkanes of at least 4 members (excludes halogenated alkanes) is 1. The molecule has 0 aromatic heterocycles. The second kappa shape index (κ2) is 11.6. The summed E-state index contributed by atoms with van der Waals surface area (Å²) in [5.41, 5.74) is 1.22. The molecule has 1 rings (SSSR count). The zero-order chi connectivity index (χ0) is 15.3. The van der Waals surface area contributed by atoms with E-state index in [1.807, 2.05) is 6.07 Å². The van der Waals surface area contributed by atoms with E-state index in [1.54, 1.807) is 7.11 Å². The number of para-hydroxylation sites is 1. The van der Waals surface area contributed by atoms with Gasteiger partial charge in [0.05, 0.1) is 13.2 Å². The molecule has 0 fully saturated rings. The lowest BCUT2D eigenvalue weighted by molar-refractivity contribution is 0.198. The Kier molecular flexibility index (Phi) is 9.92. The van der Waals surface area contributed by atoms with Gasteiger partial charge in [0.1, 0.15) is 5.75 Å². The van der Waals surface area contributed by atoms with Crippen molar-refractivity contribution < 1.29 is 9.47 Å². The molecule has 0 aliphatic rings. The minimum Gasteiger partial charge on any atom is -0.493 e. The van der Waals surface area contributed by atoms with Crippen molar-refractivity contribution in [3.63, 3.8) is 0 Å². The molecule has 0 heterocycles. The average molecular weight is 293 g/mol. The van der Waals surface area contributed by atoms with E-state index in [2.05, 4.69) is 37.4 Å². The van der Waals surface area contributed by atoms with Crippen LogP contribution in [-0.2, 0) is 11.3 Å². The van der Waals surface area contributed by atoms with Crippen molar-refractivity contribution in [1.82, 2.24) is 5.32 Å². The fourth-order valence-corrected chi connectivity index (χ4v) is 2.29. The summed E-state index contributed by atoms with van der Waals surface area (Å²) < 4.78 is 11.1. The minimum atomic E-state index is 0.666. The van der Waals surface area contributed by atoms with E-state index < -0.39 is 0 Å². The van der Waals surface area contributed by atoms with Crippen LogP contribution in [0, 0.1) is 5.92 Å². The summed E-state index contributed by atoms with van der Waals surface area (Å²) in [4.78, 5) is 0. The molecule has 0 spiro atoms. The van der Waals surface area contributed by atoms with Crippen LogP contribution in [0.25, 0.3) is 0 Å². The molecule has 3 heteroatoms. The molecule has 0 amide bonds. The van der Waals surface area contributed by atoms with Crippen LogP contribution in [0.5, 0.6) is 5.75 Å². The van der Waals surface area contributed by atoms with Gasteiger partial charge in [0, 0.05) is 25.8 Å². The van der Waals surface area contributed by atoms with E-state index in [-0.39, 0.29) is 0 Å². The standard InChI is InChI=1S/C18H31NO2/c1-4-6-9-16(5-2)15-21-18-11-8-7-10-17(18)14-19-12-13-20-3/h7-8,10-11,16,19H,4-6,9,12-15H2,1-3H3. The van der Waals surface area contributed by atoms with Gasteiger partial charge in [-0.25, -0.2) is 0 Å². The number of hydrogen-bond acceptors (Lipinski definition) is 3. The molecule has 1 atom stereocenters. The molecule has 21 heavy (non-hydrogen) atoms. The van der Waals surface area contributed by atoms with Crippen LogP contribution in [0.3, 0.4) is 0 Å². The first-order valence-electron chi connectivity index (χ1n) is 8.22. The number of methoxy groups -OCH3 is 1. The highest BCUT2D eigenvalue weighted by molar-refractivity contribution is 5.33. The summed E-state index contributed by atoms with van der Waals surface area (Å²) in [5, 5.41) is 3.37. The van der Waals surface area contributed by atoms with Crippen LogP contribution in [0.2, 0.25) is 0 Å². The van der Waals surface area contributed by atoms with E-state index in [4.69, 9.17) is 9.47 Å². The molecule has 120 valence electrons. The molecule has 1 unspecified atom stereocenters. The van der Waals surface area contributed by atoms with Gasteiger partial charge in [-0.3, -0.25) is 0 Å². The molecular weight excluding hydrogens is 262 g/mol. The fraction of sp³-hybridized carbons (Fsp3) is 0.667. The van der Waals surface area contributed by atoms with Gasteiger partial charge in [-0.05, 0) is 18.4 Å². The molecule has 0 aliphatic carbocycles. The molecule has 0 saturated heterocycles. The normalized spacial score (nSPS) is 12.3. The zero-order valence-electron chi connectivity index (χ0n) is 13.9. The second-order valence-corrected chi connectivity index (χ2v) is 5.50. The lowest BCUT2D eigenvalue weighted by atomic mass is 10.0. The summed E-state index contributed by atoms with van der Waals surface area (Å²) in [7, 11) is 1.72. The molecule has 0 saturated carbocycles. The summed E-state index contributed by atoms with van der Waals surface area (Å²) >= 11 is 0.